The van der Waals surface area contributed by atoms with E-state index in [2.05, 4.69) is 25.9 Å². The summed E-state index contributed by atoms with van der Waals surface area (Å²) < 4.78 is 13.9. The van der Waals surface area contributed by atoms with E-state index < -0.39 is 5.97 Å². The molecule has 0 aliphatic rings. The van der Waals surface area contributed by atoms with Gasteiger partial charge in [0.05, 0.1) is 21.1 Å². The predicted molar refractivity (Wildman–Crippen MR) is 76.1 cm³/mol. The van der Waals surface area contributed by atoms with Crippen molar-refractivity contribution in [3.63, 3.8) is 0 Å². The first-order valence-corrected chi connectivity index (χ1v) is 6.52. The van der Waals surface area contributed by atoms with Gasteiger partial charge in [-0.15, -0.1) is 0 Å². The second-order valence-electron chi connectivity index (χ2n) is 4.25. The Morgan fingerprint density at radius 1 is 1.25 bits per heavy atom. The first kappa shape index (κ1) is 12.8. The molecule has 0 saturated carbocycles. The smallest absolute Gasteiger partial charge is 0.335 e. The highest BCUT2D eigenvalue weighted by Crippen LogP contribution is 2.25. The van der Waals surface area contributed by atoms with Gasteiger partial charge in [0.1, 0.15) is 11.6 Å². The molecule has 2 aromatic carbocycles. The van der Waals surface area contributed by atoms with Crippen LogP contribution < -0.4 is 0 Å². The second-order valence-corrected chi connectivity index (χ2v) is 5.11. The molecule has 3 rings (SSSR count). The molecule has 6 heteroatoms. The normalized spacial score (nSPS) is 10.9. The van der Waals surface area contributed by atoms with Crippen LogP contribution in [0.15, 0.2) is 40.9 Å². The summed E-state index contributed by atoms with van der Waals surface area (Å²) in [5, 5.41) is 8.95. The van der Waals surface area contributed by atoms with E-state index in [1.807, 2.05) is 0 Å². The lowest BCUT2D eigenvalue weighted by Gasteiger charge is -1.98. The maximum absolute atomic E-state index is 13.5. The Labute approximate surface area is 121 Å². The van der Waals surface area contributed by atoms with Crippen LogP contribution in [0.2, 0.25) is 0 Å². The number of benzene rings is 2. The molecule has 0 fully saturated rings. The van der Waals surface area contributed by atoms with E-state index in [1.54, 1.807) is 18.2 Å². The van der Waals surface area contributed by atoms with Gasteiger partial charge in [-0.3, -0.25) is 0 Å². The molecular formula is C14H8BrFN2O2. The molecule has 0 aliphatic heterocycles. The zero-order valence-electron chi connectivity index (χ0n) is 10.0. The molecule has 1 heterocycles. The molecule has 0 bridgehead atoms. The zero-order valence-corrected chi connectivity index (χ0v) is 11.6. The minimum absolute atomic E-state index is 0.176. The van der Waals surface area contributed by atoms with E-state index in [9.17, 15) is 9.18 Å². The van der Waals surface area contributed by atoms with Crippen molar-refractivity contribution in [2.45, 2.75) is 0 Å². The van der Waals surface area contributed by atoms with E-state index in [4.69, 9.17) is 5.11 Å². The van der Waals surface area contributed by atoms with Gasteiger partial charge in [-0.25, -0.2) is 14.2 Å². The van der Waals surface area contributed by atoms with Crippen LogP contribution in [-0.2, 0) is 0 Å². The lowest BCUT2D eigenvalue weighted by Crippen LogP contribution is -1.94. The van der Waals surface area contributed by atoms with Crippen LogP contribution in [-0.4, -0.2) is 21.0 Å². The average molecular weight is 335 g/mol. The first-order chi connectivity index (χ1) is 9.54. The molecule has 0 amide bonds. The fourth-order valence-electron chi connectivity index (χ4n) is 1.92. The zero-order chi connectivity index (χ0) is 14.3. The number of aromatic carboxylic acids is 1. The van der Waals surface area contributed by atoms with Crippen molar-refractivity contribution in [1.29, 1.82) is 0 Å². The Bertz CT molecular complexity index is 829. The molecule has 20 heavy (non-hydrogen) atoms. The largest absolute Gasteiger partial charge is 0.478 e. The number of hydrogen-bond donors (Lipinski definition) is 2. The van der Waals surface area contributed by atoms with Gasteiger partial charge in [-0.05, 0) is 52.3 Å². The number of fused-ring (bicyclic) bond motifs is 1. The summed E-state index contributed by atoms with van der Waals surface area (Å²) in [6, 6.07) is 9.29. The molecule has 4 nitrogen and oxygen atoms in total. The fraction of sp³-hybridized carbons (Fsp3) is 0. The fourth-order valence-corrected chi connectivity index (χ4v) is 2.17. The monoisotopic (exact) mass is 334 g/mol. The van der Waals surface area contributed by atoms with E-state index in [1.165, 1.54) is 18.2 Å². The number of carboxylic acid groups (broad SMARTS) is 1. The minimum Gasteiger partial charge on any atom is -0.478 e. The number of aromatic nitrogens is 2. The van der Waals surface area contributed by atoms with E-state index in [0.717, 1.165) is 0 Å². The Kier molecular flexibility index (Phi) is 3.02. The molecule has 0 unspecified atom stereocenters. The average Bonchev–Trinajstić information content (AvgIpc) is 2.84. The summed E-state index contributed by atoms with van der Waals surface area (Å²) >= 11 is 3.09. The number of hydrogen-bond acceptors (Lipinski definition) is 2. The lowest BCUT2D eigenvalue weighted by atomic mass is 10.2. The SMILES string of the molecule is O=C(O)c1ccc2nc(-c3ccc(Br)c(F)c3)[nH]c2c1. The molecular weight excluding hydrogens is 327 g/mol. The van der Waals surface area contributed by atoms with Crippen molar-refractivity contribution in [1.82, 2.24) is 9.97 Å². The van der Waals surface area contributed by atoms with Gasteiger partial charge in [0.15, 0.2) is 0 Å². The third kappa shape index (κ3) is 2.18. The third-order valence-electron chi connectivity index (χ3n) is 2.92. The Morgan fingerprint density at radius 2 is 2.05 bits per heavy atom. The number of H-pyrrole nitrogens is 1. The van der Waals surface area contributed by atoms with Gasteiger partial charge in [0.25, 0.3) is 0 Å². The van der Waals surface area contributed by atoms with Gasteiger partial charge in [0.2, 0.25) is 0 Å². The van der Waals surface area contributed by atoms with Crippen LogP contribution in [0.1, 0.15) is 10.4 Å². The Balaban J connectivity index is 2.12. The molecule has 0 aliphatic carbocycles. The van der Waals surface area contributed by atoms with Crippen LogP contribution in [0.25, 0.3) is 22.4 Å². The highest BCUT2D eigenvalue weighted by atomic mass is 79.9. The Morgan fingerprint density at radius 3 is 2.75 bits per heavy atom. The van der Waals surface area contributed by atoms with Gasteiger partial charge in [-0.2, -0.15) is 0 Å². The van der Waals surface area contributed by atoms with Crippen molar-refractivity contribution in [2.24, 2.45) is 0 Å². The van der Waals surface area contributed by atoms with Crippen molar-refractivity contribution in [3.8, 4) is 11.4 Å². The summed E-state index contributed by atoms with van der Waals surface area (Å²) in [5.41, 5.74) is 2.00. The number of aromatic amines is 1. The molecule has 0 atom stereocenters. The molecule has 3 aromatic rings. The molecule has 100 valence electrons. The molecule has 2 N–H and O–H groups in total. The number of carbonyl (C=O) groups is 1. The highest BCUT2D eigenvalue weighted by Gasteiger charge is 2.10. The number of nitrogens with one attached hydrogen (secondary N) is 1. The van der Waals surface area contributed by atoms with Crippen LogP contribution in [0.5, 0.6) is 0 Å². The number of carboxylic acids is 1. The quantitative estimate of drug-likeness (QED) is 0.748. The summed E-state index contributed by atoms with van der Waals surface area (Å²) in [4.78, 5) is 18.2. The minimum atomic E-state index is -1.00. The maximum Gasteiger partial charge on any atom is 0.335 e. The molecule has 0 spiro atoms. The highest BCUT2D eigenvalue weighted by molar-refractivity contribution is 9.10. The van der Waals surface area contributed by atoms with Gasteiger partial charge in [-0.1, -0.05) is 0 Å². The van der Waals surface area contributed by atoms with Gasteiger partial charge in [0, 0.05) is 5.56 Å². The van der Waals surface area contributed by atoms with E-state index in [-0.39, 0.29) is 11.4 Å². The molecule has 0 radical (unpaired) electrons. The summed E-state index contributed by atoms with van der Waals surface area (Å²) in [5.74, 6) is -0.888. The van der Waals surface area contributed by atoms with Crippen molar-refractivity contribution >= 4 is 32.9 Å². The summed E-state index contributed by atoms with van der Waals surface area (Å²) in [7, 11) is 0. The molecule has 1 aromatic heterocycles. The number of nitrogens with zero attached hydrogens (tertiary/aromatic N) is 1. The number of rotatable bonds is 2. The standard InChI is InChI=1S/C14H8BrFN2O2/c15-9-3-1-7(5-10(9)16)13-17-11-4-2-8(14(19)20)6-12(11)18-13/h1-6H,(H,17,18)(H,19,20). The van der Waals surface area contributed by atoms with Crippen LogP contribution >= 0.6 is 15.9 Å². The van der Waals surface area contributed by atoms with Crippen molar-refractivity contribution < 1.29 is 14.3 Å². The lowest BCUT2D eigenvalue weighted by molar-refractivity contribution is 0.0697. The predicted octanol–water partition coefficient (Wildman–Crippen LogP) is 3.83. The summed E-state index contributed by atoms with van der Waals surface area (Å²) in [6.07, 6.45) is 0. The maximum atomic E-state index is 13.5. The van der Waals surface area contributed by atoms with Gasteiger partial charge >= 0.3 is 5.97 Å². The first-order valence-electron chi connectivity index (χ1n) is 5.73. The van der Waals surface area contributed by atoms with E-state index >= 15 is 0 Å². The number of imidazole rings is 1. The second kappa shape index (κ2) is 4.72. The van der Waals surface area contributed by atoms with Crippen LogP contribution in [0.4, 0.5) is 4.39 Å². The number of halogens is 2. The third-order valence-corrected chi connectivity index (χ3v) is 3.56. The Hall–Kier alpha value is -2.21. The van der Waals surface area contributed by atoms with Crippen LogP contribution in [0.3, 0.4) is 0 Å². The van der Waals surface area contributed by atoms with Crippen LogP contribution in [0, 0.1) is 5.82 Å². The van der Waals surface area contributed by atoms with Gasteiger partial charge < -0.3 is 10.1 Å². The molecule has 0 saturated heterocycles. The summed E-state index contributed by atoms with van der Waals surface area (Å²) in [6.45, 7) is 0. The van der Waals surface area contributed by atoms with Crippen molar-refractivity contribution in [2.75, 3.05) is 0 Å². The van der Waals surface area contributed by atoms with Crippen molar-refractivity contribution in [3.05, 3.63) is 52.3 Å². The topological polar surface area (TPSA) is 66.0 Å². The van der Waals surface area contributed by atoms with E-state index in [0.29, 0.717) is 26.9 Å².